The van der Waals surface area contributed by atoms with Gasteiger partial charge in [-0.2, -0.15) is 0 Å². The molecule has 3 aromatic rings. The minimum Gasteiger partial charge on any atom is -0.507 e. The number of ether oxygens (including phenoxy) is 3. The summed E-state index contributed by atoms with van der Waals surface area (Å²) in [6, 6.07) is 17.5. The van der Waals surface area contributed by atoms with E-state index in [0.717, 1.165) is 10.8 Å². The topological polar surface area (TPSA) is 85.3 Å². The van der Waals surface area contributed by atoms with Crippen LogP contribution in [0.1, 0.15) is 17.2 Å². The molecule has 1 saturated heterocycles. The fourth-order valence-electron chi connectivity index (χ4n) is 4.16. The number of fused-ring (bicyclic) bond motifs is 1. The number of aliphatic hydroxyl groups excluding tert-OH is 1. The van der Waals surface area contributed by atoms with Crippen LogP contribution in [-0.2, 0) is 14.3 Å². The lowest BCUT2D eigenvalue weighted by Crippen LogP contribution is -2.32. The third-order valence-electron chi connectivity index (χ3n) is 5.82. The zero-order valence-electron chi connectivity index (χ0n) is 18.7. The first-order valence-electron chi connectivity index (χ1n) is 10.5. The van der Waals surface area contributed by atoms with Crippen LogP contribution in [0.4, 0.5) is 0 Å². The third-order valence-corrected chi connectivity index (χ3v) is 5.82. The Balaban J connectivity index is 1.89. The molecular formula is C26H25NO6. The Kier molecular flexibility index (Phi) is 6.33. The third kappa shape index (κ3) is 4.03. The average molecular weight is 447 g/mol. The molecule has 1 amide bonds. The standard InChI is InChI=1S/C26H25NO6/c1-31-13-12-27-23(18-10-11-20(32-2)21(15-18)33-3)22(25(29)26(27)30)24(28)19-9-8-16-6-4-5-7-17(16)14-19/h4-11,14-15,23,28H,12-13H2,1-3H3/b24-22+. The molecule has 3 aromatic carbocycles. The molecule has 1 N–H and O–H groups in total. The number of nitrogens with zero attached hydrogens (tertiary/aromatic N) is 1. The Morgan fingerprint density at radius 1 is 0.909 bits per heavy atom. The summed E-state index contributed by atoms with van der Waals surface area (Å²) in [5, 5.41) is 13.2. The summed E-state index contributed by atoms with van der Waals surface area (Å²) in [4.78, 5) is 27.5. The van der Waals surface area contributed by atoms with Gasteiger partial charge in [0.25, 0.3) is 11.7 Å². The molecule has 0 saturated carbocycles. The monoisotopic (exact) mass is 447 g/mol. The van der Waals surface area contributed by atoms with Crippen molar-refractivity contribution in [1.82, 2.24) is 4.90 Å². The van der Waals surface area contributed by atoms with E-state index >= 15 is 0 Å². The Labute approximate surface area is 191 Å². The summed E-state index contributed by atoms with van der Waals surface area (Å²) in [5.41, 5.74) is 1.10. The number of hydrogen-bond donors (Lipinski definition) is 1. The molecule has 4 rings (SSSR count). The van der Waals surface area contributed by atoms with Crippen molar-refractivity contribution in [3.63, 3.8) is 0 Å². The SMILES string of the molecule is COCCN1C(=O)C(=O)/C(=C(/O)c2ccc3ccccc3c2)C1c1ccc(OC)c(OC)c1. The molecule has 1 atom stereocenters. The van der Waals surface area contributed by atoms with Gasteiger partial charge in [-0.15, -0.1) is 0 Å². The van der Waals surface area contributed by atoms with Crippen LogP contribution in [0.2, 0.25) is 0 Å². The Bertz CT molecular complexity index is 1250. The van der Waals surface area contributed by atoms with Crippen LogP contribution in [-0.4, -0.2) is 56.2 Å². The van der Waals surface area contributed by atoms with Crippen molar-refractivity contribution in [3.8, 4) is 11.5 Å². The normalized spacial score (nSPS) is 17.5. The molecule has 1 heterocycles. The highest BCUT2D eigenvalue weighted by atomic mass is 16.5. The van der Waals surface area contributed by atoms with Crippen molar-refractivity contribution in [3.05, 3.63) is 77.4 Å². The molecule has 1 unspecified atom stereocenters. The molecule has 7 heteroatoms. The van der Waals surface area contributed by atoms with E-state index in [1.807, 2.05) is 30.3 Å². The number of benzene rings is 3. The fraction of sp³-hybridized carbons (Fsp3) is 0.231. The van der Waals surface area contributed by atoms with Crippen molar-refractivity contribution in [2.24, 2.45) is 0 Å². The highest BCUT2D eigenvalue weighted by Crippen LogP contribution is 2.42. The summed E-state index contributed by atoms with van der Waals surface area (Å²) in [5.74, 6) is -0.674. The average Bonchev–Trinajstić information content (AvgIpc) is 3.11. The number of hydrogen-bond acceptors (Lipinski definition) is 6. The molecular weight excluding hydrogens is 422 g/mol. The van der Waals surface area contributed by atoms with Crippen LogP contribution >= 0.6 is 0 Å². The van der Waals surface area contributed by atoms with Crippen LogP contribution in [0.25, 0.3) is 16.5 Å². The molecule has 0 aliphatic carbocycles. The number of carbonyl (C=O) groups excluding carboxylic acids is 2. The number of rotatable bonds is 7. The van der Waals surface area contributed by atoms with Gasteiger partial charge in [0.1, 0.15) is 5.76 Å². The van der Waals surface area contributed by atoms with Crippen molar-refractivity contribution in [1.29, 1.82) is 0 Å². The second-order valence-electron chi connectivity index (χ2n) is 7.66. The number of amides is 1. The molecule has 0 aromatic heterocycles. The van der Waals surface area contributed by atoms with Gasteiger partial charge in [0.05, 0.1) is 32.4 Å². The van der Waals surface area contributed by atoms with Gasteiger partial charge in [-0.3, -0.25) is 9.59 Å². The van der Waals surface area contributed by atoms with Gasteiger partial charge in [-0.1, -0.05) is 42.5 Å². The molecule has 0 radical (unpaired) electrons. The van der Waals surface area contributed by atoms with Crippen molar-refractivity contribution < 1.29 is 28.9 Å². The minimum atomic E-state index is -0.800. The summed E-state index contributed by atoms with van der Waals surface area (Å²) in [6.45, 7) is 0.432. The first-order chi connectivity index (χ1) is 16.0. The number of carbonyl (C=O) groups is 2. The van der Waals surface area contributed by atoms with Crippen LogP contribution in [0.15, 0.2) is 66.2 Å². The molecule has 1 fully saturated rings. The van der Waals surface area contributed by atoms with Crippen molar-refractivity contribution >= 4 is 28.2 Å². The number of Topliss-reactive ketones (excluding diaryl/α,β-unsaturated/α-hetero) is 1. The summed E-state index contributed by atoms with van der Waals surface area (Å²) in [6.07, 6.45) is 0. The Morgan fingerprint density at radius 2 is 1.64 bits per heavy atom. The van der Waals surface area contributed by atoms with Gasteiger partial charge < -0.3 is 24.2 Å². The first-order valence-corrected chi connectivity index (χ1v) is 10.5. The van der Waals surface area contributed by atoms with Crippen molar-refractivity contribution in [2.75, 3.05) is 34.5 Å². The summed E-state index contributed by atoms with van der Waals surface area (Å²) in [7, 11) is 4.57. The predicted molar refractivity (Wildman–Crippen MR) is 124 cm³/mol. The van der Waals surface area contributed by atoms with E-state index in [-0.39, 0.29) is 24.5 Å². The van der Waals surface area contributed by atoms with E-state index < -0.39 is 17.7 Å². The number of aliphatic hydroxyl groups is 1. The second-order valence-corrected chi connectivity index (χ2v) is 7.66. The van der Waals surface area contributed by atoms with Gasteiger partial charge in [-0.05, 0) is 34.5 Å². The Morgan fingerprint density at radius 3 is 2.33 bits per heavy atom. The van der Waals surface area contributed by atoms with E-state index in [4.69, 9.17) is 14.2 Å². The second kappa shape index (κ2) is 9.34. The maximum Gasteiger partial charge on any atom is 0.295 e. The summed E-state index contributed by atoms with van der Waals surface area (Å²) < 4.78 is 15.9. The van der Waals surface area contributed by atoms with Gasteiger partial charge >= 0.3 is 0 Å². The van der Waals surface area contributed by atoms with E-state index in [1.54, 1.807) is 30.3 Å². The largest absolute Gasteiger partial charge is 0.507 e. The van der Waals surface area contributed by atoms with Crippen LogP contribution in [0.5, 0.6) is 11.5 Å². The van der Waals surface area contributed by atoms with E-state index in [9.17, 15) is 14.7 Å². The van der Waals surface area contributed by atoms with Gasteiger partial charge in [0.15, 0.2) is 11.5 Å². The van der Waals surface area contributed by atoms with Gasteiger partial charge in [-0.25, -0.2) is 0 Å². The number of methoxy groups -OCH3 is 3. The molecule has 0 spiro atoms. The zero-order valence-corrected chi connectivity index (χ0v) is 18.7. The molecule has 170 valence electrons. The lowest BCUT2D eigenvalue weighted by molar-refractivity contribution is -0.140. The van der Waals surface area contributed by atoms with Gasteiger partial charge in [0, 0.05) is 19.2 Å². The first kappa shape index (κ1) is 22.4. The van der Waals surface area contributed by atoms with Gasteiger partial charge in [0.2, 0.25) is 0 Å². The summed E-state index contributed by atoms with van der Waals surface area (Å²) >= 11 is 0. The highest BCUT2D eigenvalue weighted by Gasteiger charge is 2.46. The van der Waals surface area contributed by atoms with Crippen LogP contribution < -0.4 is 9.47 Å². The maximum atomic E-state index is 13.1. The molecule has 1 aliphatic rings. The van der Waals surface area contributed by atoms with Crippen LogP contribution in [0, 0.1) is 0 Å². The maximum absolute atomic E-state index is 13.1. The molecule has 1 aliphatic heterocycles. The smallest absolute Gasteiger partial charge is 0.295 e. The minimum absolute atomic E-state index is 0.0265. The van der Waals surface area contributed by atoms with E-state index in [2.05, 4.69) is 0 Å². The number of ketones is 1. The van der Waals surface area contributed by atoms with Crippen LogP contribution in [0.3, 0.4) is 0 Å². The Hall–Kier alpha value is -3.84. The van der Waals surface area contributed by atoms with Crippen molar-refractivity contribution in [2.45, 2.75) is 6.04 Å². The molecule has 33 heavy (non-hydrogen) atoms. The lowest BCUT2D eigenvalue weighted by atomic mass is 9.94. The predicted octanol–water partition coefficient (Wildman–Crippen LogP) is 3.93. The number of likely N-dealkylation sites (tertiary alicyclic amines) is 1. The van der Waals surface area contributed by atoms with E-state index in [0.29, 0.717) is 22.6 Å². The quantitative estimate of drug-likeness (QED) is 0.336. The van der Waals surface area contributed by atoms with E-state index in [1.165, 1.54) is 26.2 Å². The molecule has 0 bridgehead atoms. The zero-order chi connectivity index (χ0) is 23.5. The highest BCUT2D eigenvalue weighted by molar-refractivity contribution is 6.46. The molecule has 7 nitrogen and oxygen atoms in total. The lowest BCUT2D eigenvalue weighted by Gasteiger charge is -2.25. The fourth-order valence-corrected chi connectivity index (χ4v) is 4.16.